The maximum absolute atomic E-state index is 12.1. The predicted octanol–water partition coefficient (Wildman–Crippen LogP) is 5.03. The van der Waals surface area contributed by atoms with Crippen LogP contribution in [0.1, 0.15) is 10.4 Å². The molecule has 0 saturated heterocycles. The molecule has 1 aliphatic carbocycles. The van der Waals surface area contributed by atoms with Gasteiger partial charge in [-0.3, -0.25) is 4.79 Å². The summed E-state index contributed by atoms with van der Waals surface area (Å²) in [5, 5.41) is 23.4. The average molecular weight is 437 g/mol. The predicted molar refractivity (Wildman–Crippen MR) is 123 cm³/mol. The van der Waals surface area contributed by atoms with Gasteiger partial charge in [0.25, 0.3) is 0 Å². The molecular weight excluding hydrogens is 422 g/mol. The summed E-state index contributed by atoms with van der Waals surface area (Å²) in [6.07, 6.45) is 1.83. The van der Waals surface area contributed by atoms with E-state index in [-0.39, 0.29) is 16.7 Å². The van der Waals surface area contributed by atoms with Gasteiger partial charge in [0, 0.05) is 34.3 Å². The van der Waals surface area contributed by atoms with Crippen LogP contribution in [0.2, 0.25) is 0 Å². The maximum Gasteiger partial charge on any atom is 0.336 e. The molecular formula is C22H15NO5S2. The van der Waals surface area contributed by atoms with Crippen molar-refractivity contribution in [2.75, 3.05) is 11.6 Å². The Hall–Kier alpha value is -3.36. The lowest BCUT2D eigenvalue weighted by atomic mass is 9.90. The minimum absolute atomic E-state index is 0.00147. The standard InChI is InChI=1S/C22H15NO5S2/c1-30-22(29)23-11-2-5-14(17(8-11)21(26)27)20-15-6-3-12(24)9-18(15)28-19-10-13(25)4-7-16(19)20/h2-10,24H,1H3,(H,23,29)(H,26,27). The number of thioether (sulfide) groups is 1. The first-order chi connectivity index (χ1) is 14.4. The molecule has 1 heterocycles. The lowest BCUT2D eigenvalue weighted by Gasteiger charge is -2.17. The van der Waals surface area contributed by atoms with Crippen LogP contribution < -0.4 is 10.7 Å². The summed E-state index contributed by atoms with van der Waals surface area (Å²) in [6.45, 7) is 0. The van der Waals surface area contributed by atoms with Crippen molar-refractivity contribution in [2.24, 2.45) is 0 Å². The maximum atomic E-state index is 12.1. The molecule has 4 rings (SSSR count). The minimum Gasteiger partial charge on any atom is -0.508 e. The van der Waals surface area contributed by atoms with Gasteiger partial charge in [-0.2, -0.15) is 0 Å². The Labute approximate surface area is 180 Å². The highest BCUT2D eigenvalue weighted by molar-refractivity contribution is 8.22. The lowest BCUT2D eigenvalue weighted by Crippen LogP contribution is -2.07. The molecule has 0 bridgehead atoms. The molecule has 2 aromatic rings. The molecule has 8 heteroatoms. The van der Waals surface area contributed by atoms with E-state index >= 15 is 0 Å². The van der Waals surface area contributed by atoms with Crippen LogP contribution in [0.25, 0.3) is 33.4 Å². The van der Waals surface area contributed by atoms with E-state index in [0.717, 1.165) is 0 Å². The van der Waals surface area contributed by atoms with E-state index in [9.17, 15) is 19.8 Å². The molecule has 0 spiro atoms. The van der Waals surface area contributed by atoms with E-state index in [2.05, 4.69) is 5.32 Å². The van der Waals surface area contributed by atoms with Crippen LogP contribution in [0.5, 0.6) is 5.75 Å². The fourth-order valence-electron chi connectivity index (χ4n) is 3.34. The normalized spacial score (nSPS) is 11.0. The second-order valence-electron chi connectivity index (χ2n) is 6.50. The molecule has 0 unspecified atom stereocenters. The highest BCUT2D eigenvalue weighted by Crippen LogP contribution is 2.42. The average Bonchev–Trinajstić information content (AvgIpc) is 2.71. The van der Waals surface area contributed by atoms with Crippen molar-refractivity contribution in [2.45, 2.75) is 0 Å². The zero-order valence-corrected chi connectivity index (χ0v) is 17.3. The molecule has 1 aliphatic heterocycles. The largest absolute Gasteiger partial charge is 0.508 e. The number of anilines is 1. The summed E-state index contributed by atoms with van der Waals surface area (Å²) in [5.41, 5.74) is 2.38. The smallest absolute Gasteiger partial charge is 0.336 e. The van der Waals surface area contributed by atoms with Crippen LogP contribution in [0, 0.1) is 0 Å². The summed E-state index contributed by atoms with van der Waals surface area (Å²) in [6, 6.07) is 13.9. The number of phenolic OH excluding ortho intramolecular Hbond substituents is 1. The molecule has 3 N–H and O–H groups in total. The number of carbonyl (C=O) groups is 1. The van der Waals surface area contributed by atoms with Crippen molar-refractivity contribution in [3.05, 3.63) is 70.4 Å². The fourth-order valence-corrected chi connectivity index (χ4v) is 3.67. The number of aromatic hydroxyl groups is 1. The van der Waals surface area contributed by atoms with Gasteiger partial charge in [0.1, 0.15) is 21.4 Å². The van der Waals surface area contributed by atoms with Crippen molar-refractivity contribution < 1.29 is 19.4 Å². The number of phenols is 1. The quantitative estimate of drug-likeness (QED) is 0.303. The van der Waals surface area contributed by atoms with Gasteiger partial charge in [-0.15, -0.1) is 11.8 Å². The molecule has 0 radical (unpaired) electrons. The Bertz CT molecular complexity index is 1350. The van der Waals surface area contributed by atoms with Crippen LogP contribution in [0.4, 0.5) is 5.69 Å². The summed E-state index contributed by atoms with van der Waals surface area (Å²) in [5.74, 6) is -0.804. The third kappa shape index (κ3) is 3.62. The number of carboxylic acid groups (broad SMARTS) is 1. The number of thiocarbonyl (C=S) groups is 1. The van der Waals surface area contributed by atoms with Crippen molar-refractivity contribution in [1.82, 2.24) is 0 Å². The summed E-state index contributed by atoms with van der Waals surface area (Å²) in [7, 11) is 0. The van der Waals surface area contributed by atoms with Gasteiger partial charge in [-0.25, -0.2) is 4.79 Å². The van der Waals surface area contributed by atoms with Crippen molar-refractivity contribution in [1.29, 1.82) is 0 Å². The molecule has 0 fully saturated rings. The Kier molecular flexibility index (Phi) is 5.19. The second-order valence-corrected chi connectivity index (χ2v) is 7.98. The van der Waals surface area contributed by atoms with Gasteiger partial charge < -0.3 is 19.9 Å². The van der Waals surface area contributed by atoms with Crippen LogP contribution in [-0.4, -0.2) is 26.8 Å². The summed E-state index contributed by atoms with van der Waals surface area (Å²) < 4.78 is 6.34. The SMILES string of the molecule is CSC(=S)Nc1ccc(-c2c3ccc(=O)cc-3oc3cc(O)ccc23)c(C(=O)O)c1. The van der Waals surface area contributed by atoms with Gasteiger partial charge in [-0.05, 0) is 48.2 Å². The fraction of sp³-hybridized carbons (Fsp3) is 0.0455. The van der Waals surface area contributed by atoms with Gasteiger partial charge in [-0.1, -0.05) is 18.3 Å². The third-order valence-electron chi connectivity index (χ3n) is 4.63. The zero-order valence-electron chi connectivity index (χ0n) is 15.6. The van der Waals surface area contributed by atoms with Crippen LogP contribution in [-0.2, 0) is 0 Å². The second kappa shape index (κ2) is 7.81. The molecule has 0 atom stereocenters. The highest BCUT2D eigenvalue weighted by atomic mass is 32.2. The summed E-state index contributed by atoms with van der Waals surface area (Å²) in [4.78, 5) is 24.0. The molecule has 0 saturated carbocycles. The molecule has 2 aliphatic rings. The number of carboxylic acids is 1. The van der Waals surface area contributed by atoms with E-state index in [0.29, 0.717) is 43.4 Å². The number of rotatable bonds is 3. The molecule has 0 aromatic heterocycles. The number of fused-ring (bicyclic) bond motifs is 2. The van der Waals surface area contributed by atoms with Crippen LogP contribution in [0.15, 0.2) is 63.8 Å². The Morgan fingerprint density at radius 3 is 2.57 bits per heavy atom. The van der Waals surface area contributed by atoms with Crippen molar-refractivity contribution in [3.63, 3.8) is 0 Å². The number of nitrogens with one attached hydrogen (secondary N) is 1. The number of benzene rings is 3. The van der Waals surface area contributed by atoms with Crippen LogP contribution in [0.3, 0.4) is 0 Å². The van der Waals surface area contributed by atoms with Crippen LogP contribution >= 0.6 is 24.0 Å². The highest BCUT2D eigenvalue weighted by Gasteiger charge is 2.22. The number of aromatic carboxylic acids is 1. The number of hydrogen-bond donors (Lipinski definition) is 3. The molecule has 2 aromatic carbocycles. The molecule has 150 valence electrons. The van der Waals surface area contributed by atoms with Gasteiger partial charge in [0.05, 0.1) is 5.56 Å². The zero-order chi connectivity index (χ0) is 21.4. The van der Waals surface area contributed by atoms with E-state index in [1.54, 1.807) is 24.3 Å². The Balaban J connectivity index is 2.06. The van der Waals surface area contributed by atoms with E-state index < -0.39 is 5.97 Å². The monoisotopic (exact) mass is 437 g/mol. The summed E-state index contributed by atoms with van der Waals surface area (Å²) >= 11 is 6.51. The minimum atomic E-state index is -1.11. The molecule has 30 heavy (non-hydrogen) atoms. The van der Waals surface area contributed by atoms with Crippen molar-refractivity contribution in [3.8, 4) is 28.2 Å². The first-order valence-electron chi connectivity index (χ1n) is 8.79. The van der Waals surface area contributed by atoms with Crippen molar-refractivity contribution >= 4 is 50.9 Å². The van der Waals surface area contributed by atoms with Gasteiger partial charge >= 0.3 is 5.97 Å². The molecule has 0 amide bonds. The number of hydrogen-bond acceptors (Lipinski definition) is 6. The lowest BCUT2D eigenvalue weighted by molar-refractivity contribution is 0.0698. The van der Waals surface area contributed by atoms with Gasteiger partial charge in [0.15, 0.2) is 5.43 Å². The van der Waals surface area contributed by atoms with E-state index in [1.165, 1.54) is 42.1 Å². The first-order valence-corrected chi connectivity index (χ1v) is 10.4. The first kappa shape index (κ1) is 19.9. The van der Waals surface area contributed by atoms with E-state index in [4.69, 9.17) is 16.6 Å². The molecule has 6 nitrogen and oxygen atoms in total. The third-order valence-corrected chi connectivity index (χ3v) is 5.70. The Morgan fingerprint density at radius 1 is 1.07 bits per heavy atom. The van der Waals surface area contributed by atoms with E-state index in [1.807, 2.05) is 6.26 Å². The topological polar surface area (TPSA) is 99.8 Å². The Morgan fingerprint density at radius 2 is 1.83 bits per heavy atom. The van der Waals surface area contributed by atoms with Gasteiger partial charge in [0.2, 0.25) is 0 Å².